The van der Waals surface area contributed by atoms with E-state index in [1.54, 1.807) is 20.9 Å². The van der Waals surface area contributed by atoms with E-state index in [9.17, 15) is 12.8 Å². The summed E-state index contributed by atoms with van der Waals surface area (Å²) in [7, 11) is -2.03. The van der Waals surface area contributed by atoms with Crippen LogP contribution in [0.15, 0.2) is 17.0 Å². The number of aryl methyl sites for hydroxylation is 2. The van der Waals surface area contributed by atoms with E-state index in [4.69, 9.17) is 4.74 Å². The lowest BCUT2D eigenvalue weighted by Crippen LogP contribution is -2.35. The molecular weight excluding hydrogens is 293 g/mol. The molecule has 1 atom stereocenters. The van der Waals surface area contributed by atoms with Crippen LogP contribution in [0.25, 0.3) is 0 Å². The molecule has 1 aliphatic rings. The standard InChI is InChI=1S/C15H22FNO3S/c1-11-7-14(16)8-12(2)15(11)21(18,19)17(3)9-13-5-4-6-20-10-13/h7-8,13H,4-6,9-10H2,1-3H3. The van der Waals surface area contributed by atoms with Crippen LogP contribution in [0.4, 0.5) is 4.39 Å². The molecule has 1 fully saturated rings. The summed E-state index contributed by atoms with van der Waals surface area (Å²) < 4.78 is 45.5. The molecule has 0 radical (unpaired) electrons. The van der Waals surface area contributed by atoms with Crippen LogP contribution in [-0.2, 0) is 14.8 Å². The summed E-state index contributed by atoms with van der Waals surface area (Å²) in [6.45, 7) is 5.03. The van der Waals surface area contributed by atoms with Crippen LogP contribution in [0.2, 0.25) is 0 Å². The second-order valence-corrected chi connectivity index (χ2v) is 7.72. The van der Waals surface area contributed by atoms with Crippen molar-refractivity contribution in [2.75, 3.05) is 26.8 Å². The van der Waals surface area contributed by atoms with Crippen LogP contribution >= 0.6 is 0 Å². The fraction of sp³-hybridized carbons (Fsp3) is 0.600. The van der Waals surface area contributed by atoms with Crippen molar-refractivity contribution in [1.82, 2.24) is 4.31 Å². The minimum atomic E-state index is -3.61. The molecule has 0 spiro atoms. The lowest BCUT2D eigenvalue weighted by molar-refractivity contribution is 0.0495. The maximum atomic E-state index is 13.3. The van der Waals surface area contributed by atoms with Crippen molar-refractivity contribution in [1.29, 1.82) is 0 Å². The Balaban J connectivity index is 2.24. The lowest BCUT2D eigenvalue weighted by Gasteiger charge is -2.27. The van der Waals surface area contributed by atoms with Gasteiger partial charge in [-0.25, -0.2) is 17.1 Å². The number of rotatable bonds is 4. The summed E-state index contributed by atoms with van der Waals surface area (Å²) in [5, 5.41) is 0. The molecule has 4 nitrogen and oxygen atoms in total. The fourth-order valence-corrected chi connectivity index (χ4v) is 4.52. The van der Waals surface area contributed by atoms with E-state index < -0.39 is 15.8 Å². The number of nitrogens with zero attached hydrogens (tertiary/aromatic N) is 1. The topological polar surface area (TPSA) is 46.6 Å². The van der Waals surface area contributed by atoms with Crippen molar-refractivity contribution in [2.45, 2.75) is 31.6 Å². The molecule has 0 aliphatic carbocycles. The van der Waals surface area contributed by atoms with Crippen LogP contribution < -0.4 is 0 Å². The van der Waals surface area contributed by atoms with Crippen molar-refractivity contribution in [3.05, 3.63) is 29.1 Å². The van der Waals surface area contributed by atoms with Crippen molar-refractivity contribution in [3.8, 4) is 0 Å². The third-order valence-corrected chi connectivity index (χ3v) is 5.99. The Kier molecular flexibility index (Phi) is 5.01. The maximum Gasteiger partial charge on any atom is 0.243 e. The molecule has 118 valence electrons. The molecule has 1 unspecified atom stereocenters. The van der Waals surface area contributed by atoms with Gasteiger partial charge >= 0.3 is 0 Å². The number of sulfonamides is 1. The van der Waals surface area contributed by atoms with Crippen LogP contribution in [0, 0.1) is 25.6 Å². The van der Waals surface area contributed by atoms with Gasteiger partial charge in [0.05, 0.1) is 11.5 Å². The summed E-state index contributed by atoms with van der Waals surface area (Å²) in [6.07, 6.45) is 1.94. The molecule has 1 aliphatic heterocycles. The number of halogens is 1. The third-order valence-electron chi connectivity index (χ3n) is 3.86. The highest BCUT2D eigenvalue weighted by Gasteiger charge is 2.28. The van der Waals surface area contributed by atoms with Crippen LogP contribution in [-0.4, -0.2) is 39.5 Å². The first kappa shape index (κ1) is 16.4. The smallest absolute Gasteiger partial charge is 0.243 e. The monoisotopic (exact) mass is 315 g/mol. The first-order valence-corrected chi connectivity index (χ1v) is 8.57. The molecule has 0 aromatic heterocycles. The summed E-state index contributed by atoms with van der Waals surface area (Å²) >= 11 is 0. The van der Waals surface area contributed by atoms with E-state index in [1.165, 1.54) is 16.4 Å². The largest absolute Gasteiger partial charge is 0.381 e. The van der Waals surface area contributed by atoms with Gasteiger partial charge in [-0.15, -0.1) is 0 Å². The normalized spacial score (nSPS) is 20.0. The van der Waals surface area contributed by atoms with E-state index in [-0.39, 0.29) is 10.8 Å². The Labute approximate surface area is 126 Å². The summed E-state index contributed by atoms with van der Waals surface area (Å²) in [5.74, 6) is -0.188. The highest BCUT2D eigenvalue weighted by molar-refractivity contribution is 7.89. The van der Waals surface area contributed by atoms with E-state index in [0.29, 0.717) is 24.3 Å². The average molecular weight is 315 g/mol. The number of benzene rings is 1. The zero-order chi connectivity index (χ0) is 15.6. The summed E-state index contributed by atoms with van der Waals surface area (Å²) in [5.41, 5.74) is 0.887. The molecule has 0 amide bonds. The van der Waals surface area contributed by atoms with Crippen molar-refractivity contribution < 1.29 is 17.5 Å². The van der Waals surface area contributed by atoms with Crippen molar-refractivity contribution in [3.63, 3.8) is 0 Å². The minimum absolute atomic E-state index is 0.211. The zero-order valence-electron chi connectivity index (χ0n) is 12.7. The van der Waals surface area contributed by atoms with Crippen LogP contribution in [0.5, 0.6) is 0 Å². The Hall–Kier alpha value is -0.980. The zero-order valence-corrected chi connectivity index (χ0v) is 13.5. The van der Waals surface area contributed by atoms with Gasteiger partial charge in [0.1, 0.15) is 5.82 Å². The van der Waals surface area contributed by atoms with Gasteiger partial charge in [0, 0.05) is 20.2 Å². The molecule has 21 heavy (non-hydrogen) atoms. The quantitative estimate of drug-likeness (QED) is 0.857. The molecule has 1 heterocycles. The van der Waals surface area contributed by atoms with Gasteiger partial charge in [0.2, 0.25) is 10.0 Å². The van der Waals surface area contributed by atoms with E-state index in [1.807, 2.05) is 0 Å². The molecule has 0 saturated carbocycles. The lowest BCUT2D eigenvalue weighted by atomic mass is 10.0. The highest BCUT2D eigenvalue weighted by Crippen LogP contribution is 2.25. The Morgan fingerprint density at radius 2 is 1.95 bits per heavy atom. The van der Waals surface area contributed by atoms with Crippen LogP contribution in [0.1, 0.15) is 24.0 Å². The van der Waals surface area contributed by atoms with Crippen LogP contribution in [0.3, 0.4) is 0 Å². The Morgan fingerprint density at radius 3 is 2.48 bits per heavy atom. The van der Waals surface area contributed by atoms with Gasteiger partial charge in [0.25, 0.3) is 0 Å². The van der Waals surface area contributed by atoms with Crippen molar-refractivity contribution >= 4 is 10.0 Å². The van der Waals surface area contributed by atoms with Crippen molar-refractivity contribution in [2.24, 2.45) is 5.92 Å². The van der Waals surface area contributed by atoms with E-state index >= 15 is 0 Å². The first-order chi connectivity index (χ1) is 9.82. The van der Waals surface area contributed by atoms with Gasteiger partial charge in [-0.05, 0) is 55.9 Å². The van der Waals surface area contributed by atoms with Gasteiger partial charge in [-0.3, -0.25) is 0 Å². The first-order valence-electron chi connectivity index (χ1n) is 7.13. The Morgan fingerprint density at radius 1 is 1.33 bits per heavy atom. The number of hydrogen-bond acceptors (Lipinski definition) is 3. The van der Waals surface area contributed by atoms with Gasteiger partial charge in [-0.1, -0.05) is 0 Å². The minimum Gasteiger partial charge on any atom is -0.381 e. The molecular formula is C15H22FNO3S. The molecule has 1 aromatic carbocycles. The maximum absolute atomic E-state index is 13.3. The third kappa shape index (κ3) is 3.62. The van der Waals surface area contributed by atoms with Gasteiger partial charge in [-0.2, -0.15) is 0 Å². The van der Waals surface area contributed by atoms with Gasteiger partial charge < -0.3 is 4.74 Å². The summed E-state index contributed by atoms with van der Waals surface area (Å²) in [4.78, 5) is 0.211. The van der Waals surface area contributed by atoms with Gasteiger partial charge in [0.15, 0.2) is 0 Å². The SMILES string of the molecule is Cc1cc(F)cc(C)c1S(=O)(=O)N(C)CC1CCCOC1. The average Bonchev–Trinajstić information content (AvgIpc) is 2.38. The molecule has 1 saturated heterocycles. The molecule has 6 heteroatoms. The molecule has 2 rings (SSSR count). The van der Waals surface area contributed by atoms with E-state index in [0.717, 1.165) is 19.4 Å². The molecule has 0 N–H and O–H groups in total. The molecule has 0 bridgehead atoms. The summed E-state index contributed by atoms with van der Waals surface area (Å²) in [6, 6.07) is 2.52. The number of hydrogen-bond donors (Lipinski definition) is 0. The highest BCUT2D eigenvalue weighted by atomic mass is 32.2. The second kappa shape index (κ2) is 6.42. The predicted octanol–water partition coefficient (Wildman–Crippen LogP) is 2.49. The van der Waals surface area contributed by atoms with E-state index in [2.05, 4.69) is 0 Å². The number of ether oxygens (including phenoxy) is 1. The second-order valence-electron chi connectivity index (χ2n) is 5.74. The predicted molar refractivity (Wildman–Crippen MR) is 79.2 cm³/mol. The molecule has 1 aromatic rings. The Bertz CT molecular complexity index is 586. The fourth-order valence-electron chi connectivity index (χ4n) is 2.87.